The minimum absolute atomic E-state index is 0.0679. The quantitative estimate of drug-likeness (QED) is 0.866. The van der Waals surface area contributed by atoms with Crippen LogP contribution in [0.15, 0.2) is 18.2 Å². The molecule has 1 amide bonds. The Morgan fingerprint density at radius 1 is 1.35 bits per heavy atom. The molecule has 1 aromatic carbocycles. The molecule has 20 heavy (non-hydrogen) atoms. The summed E-state index contributed by atoms with van der Waals surface area (Å²) >= 11 is 0. The average Bonchev–Trinajstić information content (AvgIpc) is 2.42. The second-order valence-electron chi connectivity index (χ2n) is 4.97. The zero-order chi connectivity index (χ0) is 15.3. The summed E-state index contributed by atoms with van der Waals surface area (Å²) in [7, 11) is 3.29. The summed E-state index contributed by atoms with van der Waals surface area (Å²) < 4.78 is 10.7. The molecule has 1 N–H and O–H groups in total. The Labute approximate surface area is 120 Å². The van der Waals surface area contributed by atoms with Crippen LogP contribution in [0.2, 0.25) is 0 Å². The topological polar surface area (TPSA) is 59.0 Å². The number of methoxy groups -OCH3 is 1. The summed E-state index contributed by atoms with van der Waals surface area (Å²) in [5.74, 6) is 0.971. The number of carbonyl (C=O) groups excluding carboxylic acids is 1. The van der Waals surface area contributed by atoms with E-state index in [4.69, 9.17) is 9.47 Å². The molecular weight excluding hydrogens is 258 g/mol. The fraction of sp³-hybridized carbons (Fsp3) is 0.533. The Kier molecular flexibility index (Phi) is 5.82. The van der Waals surface area contributed by atoms with Crippen LogP contribution in [0.4, 0.5) is 0 Å². The van der Waals surface area contributed by atoms with Crippen molar-refractivity contribution in [2.45, 2.75) is 32.9 Å². The van der Waals surface area contributed by atoms with Gasteiger partial charge in [-0.1, -0.05) is 0 Å². The molecule has 0 aromatic heterocycles. The van der Waals surface area contributed by atoms with Gasteiger partial charge in [-0.2, -0.15) is 0 Å². The van der Waals surface area contributed by atoms with Crippen molar-refractivity contribution < 1.29 is 19.4 Å². The molecule has 0 saturated heterocycles. The average molecular weight is 281 g/mol. The first-order valence-corrected chi connectivity index (χ1v) is 6.61. The minimum Gasteiger partial charge on any atom is -0.497 e. The second kappa shape index (κ2) is 7.14. The lowest BCUT2D eigenvalue weighted by molar-refractivity contribution is -0.133. The van der Waals surface area contributed by atoms with E-state index in [1.165, 1.54) is 0 Å². The van der Waals surface area contributed by atoms with E-state index in [1.54, 1.807) is 44.2 Å². The first-order chi connectivity index (χ1) is 9.36. The molecule has 0 radical (unpaired) electrons. The molecule has 1 rings (SSSR count). The van der Waals surface area contributed by atoms with E-state index in [2.05, 4.69) is 0 Å². The zero-order valence-electron chi connectivity index (χ0n) is 12.7. The molecule has 1 aromatic rings. The van der Waals surface area contributed by atoms with Gasteiger partial charge in [0, 0.05) is 24.7 Å². The summed E-state index contributed by atoms with van der Waals surface area (Å²) in [5.41, 5.74) is 0.630. The molecule has 0 bridgehead atoms. The standard InChI is InChI=1S/C15H23NO4/c1-10(2)16(4)15(18)9-20-14-8-12(19-5)6-7-13(14)11(3)17/h6-8,10-11,17H,9H2,1-5H3/t11-/m1/s1. The van der Waals surface area contributed by atoms with Gasteiger partial charge in [0.15, 0.2) is 6.61 Å². The summed E-state index contributed by atoms with van der Waals surface area (Å²) in [6.07, 6.45) is -0.672. The number of carbonyl (C=O) groups is 1. The van der Waals surface area contributed by atoms with E-state index < -0.39 is 6.10 Å². The van der Waals surface area contributed by atoms with Crippen molar-refractivity contribution in [1.29, 1.82) is 0 Å². The van der Waals surface area contributed by atoms with Gasteiger partial charge in [0.25, 0.3) is 5.91 Å². The molecule has 0 fully saturated rings. The molecular formula is C15H23NO4. The van der Waals surface area contributed by atoms with Crippen molar-refractivity contribution in [3.63, 3.8) is 0 Å². The summed E-state index contributed by atoms with van der Waals surface area (Å²) in [4.78, 5) is 13.5. The normalized spacial score (nSPS) is 12.2. The monoisotopic (exact) mass is 281 g/mol. The molecule has 0 heterocycles. The Hall–Kier alpha value is -1.75. The largest absolute Gasteiger partial charge is 0.497 e. The molecule has 0 saturated carbocycles. The number of aliphatic hydroxyl groups is 1. The maximum absolute atomic E-state index is 11.9. The van der Waals surface area contributed by atoms with Gasteiger partial charge in [-0.3, -0.25) is 4.79 Å². The van der Waals surface area contributed by atoms with Gasteiger partial charge >= 0.3 is 0 Å². The molecule has 0 aliphatic heterocycles. The minimum atomic E-state index is -0.672. The van der Waals surface area contributed by atoms with Gasteiger partial charge in [-0.05, 0) is 32.9 Å². The van der Waals surface area contributed by atoms with Crippen LogP contribution in [0.1, 0.15) is 32.4 Å². The summed E-state index contributed by atoms with van der Waals surface area (Å²) in [6, 6.07) is 5.27. The van der Waals surface area contributed by atoms with Crippen LogP contribution in [0.3, 0.4) is 0 Å². The maximum Gasteiger partial charge on any atom is 0.260 e. The first-order valence-electron chi connectivity index (χ1n) is 6.61. The first kappa shape index (κ1) is 16.3. The van der Waals surface area contributed by atoms with Crippen molar-refractivity contribution in [1.82, 2.24) is 4.90 Å². The van der Waals surface area contributed by atoms with E-state index in [0.717, 1.165) is 0 Å². The van der Waals surface area contributed by atoms with Crippen LogP contribution < -0.4 is 9.47 Å². The highest BCUT2D eigenvalue weighted by atomic mass is 16.5. The third-order valence-electron chi connectivity index (χ3n) is 3.19. The molecule has 112 valence electrons. The number of likely N-dealkylation sites (N-methyl/N-ethyl adjacent to an activating group) is 1. The van der Waals surface area contributed by atoms with E-state index in [1.807, 2.05) is 13.8 Å². The van der Waals surface area contributed by atoms with Gasteiger partial charge in [0.2, 0.25) is 0 Å². The van der Waals surface area contributed by atoms with Crippen LogP contribution in [0.5, 0.6) is 11.5 Å². The fourth-order valence-electron chi connectivity index (χ4n) is 1.64. The Bertz CT molecular complexity index is 457. The Morgan fingerprint density at radius 2 is 2.00 bits per heavy atom. The smallest absolute Gasteiger partial charge is 0.260 e. The maximum atomic E-state index is 11.9. The van der Waals surface area contributed by atoms with Crippen LogP contribution in [-0.2, 0) is 4.79 Å². The molecule has 0 aliphatic carbocycles. The van der Waals surface area contributed by atoms with Crippen LogP contribution in [0, 0.1) is 0 Å². The number of rotatable bonds is 6. The van der Waals surface area contributed by atoms with Crippen molar-refractivity contribution >= 4 is 5.91 Å². The molecule has 0 aliphatic rings. The highest BCUT2D eigenvalue weighted by molar-refractivity contribution is 5.77. The van der Waals surface area contributed by atoms with Gasteiger partial charge in [0.1, 0.15) is 11.5 Å². The molecule has 5 heteroatoms. The molecule has 5 nitrogen and oxygen atoms in total. The molecule has 0 unspecified atom stereocenters. The van der Waals surface area contributed by atoms with Crippen molar-refractivity contribution in [3.05, 3.63) is 23.8 Å². The van der Waals surface area contributed by atoms with E-state index in [0.29, 0.717) is 17.1 Å². The third kappa shape index (κ3) is 4.13. The predicted molar refractivity (Wildman–Crippen MR) is 77.0 cm³/mol. The number of hydrogen-bond acceptors (Lipinski definition) is 4. The predicted octanol–water partition coefficient (Wildman–Crippen LogP) is 1.99. The second-order valence-corrected chi connectivity index (χ2v) is 4.97. The zero-order valence-corrected chi connectivity index (χ0v) is 12.7. The summed E-state index contributed by atoms with van der Waals surface area (Å²) in [5, 5.41) is 9.71. The summed E-state index contributed by atoms with van der Waals surface area (Å²) in [6.45, 7) is 5.45. The third-order valence-corrected chi connectivity index (χ3v) is 3.19. The van der Waals surface area contributed by atoms with Gasteiger partial charge in [0.05, 0.1) is 13.2 Å². The molecule has 1 atom stereocenters. The van der Waals surface area contributed by atoms with E-state index in [9.17, 15) is 9.90 Å². The number of amides is 1. The highest BCUT2D eigenvalue weighted by Gasteiger charge is 2.15. The number of hydrogen-bond donors (Lipinski definition) is 1. The van der Waals surface area contributed by atoms with Gasteiger partial charge in [-0.25, -0.2) is 0 Å². The lowest BCUT2D eigenvalue weighted by atomic mass is 10.1. The van der Waals surface area contributed by atoms with Crippen LogP contribution in [0.25, 0.3) is 0 Å². The van der Waals surface area contributed by atoms with Crippen LogP contribution in [-0.4, -0.2) is 42.7 Å². The Morgan fingerprint density at radius 3 is 2.50 bits per heavy atom. The number of nitrogens with zero attached hydrogens (tertiary/aromatic N) is 1. The number of ether oxygens (including phenoxy) is 2. The Balaban J connectivity index is 2.83. The molecule has 0 spiro atoms. The number of aliphatic hydroxyl groups excluding tert-OH is 1. The van der Waals surface area contributed by atoms with Crippen molar-refractivity contribution in [2.24, 2.45) is 0 Å². The SMILES string of the molecule is COc1ccc([C@@H](C)O)c(OCC(=O)N(C)C(C)C)c1. The van der Waals surface area contributed by atoms with E-state index >= 15 is 0 Å². The van der Waals surface area contributed by atoms with Gasteiger partial charge < -0.3 is 19.5 Å². The van der Waals surface area contributed by atoms with E-state index in [-0.39, 0.29) is 18.6 Å². The van der Waals surface area contributed by atoms with Crippen LogP contribution >= 0.6 is 0 Å². The lowest BCUT2D eigenvalue weighted by Gasteiger charge is -2.22. The lowest BCUT2D eigenvalue weighted by Crippen LogP contribution is -2.36. The van der Waals surface area contributed by atoms with Gasteiger partial charge in [-0.15, -0.1) is 0 Å². The highest BCUT2D eigenvalue weighted by Crippen LogP contribution is 2.29. The van der Waals surface area contributed by atoms with Crippen molar-refractivity contribution in [3.8, 4) is 11.5 Å². The number of benzene rings is 1. The fourth-order valence-corrected chi connectivity index (χ4v) is 1.64. The van der Waals surface area contributed by atoms with Crippen molar-refractivity contribution in [2.75, 3.05) is 20.8 Å².